The number of carbonyl (C=O) groups excluding carboxylic acids is 2. The molecule has 0 fully saturated rings. The summed E-state index contributed by atoms with van der Waals surface area (Å²) in [5, 5.41) is 7.12. The van der Waals surface area contributed by atoms with E-state index >= 15 is 0 Å². The van der Waals surface area contributed by atoms with Gasteiger partial charge in [0.25, 0.3) is 5.91 Å². The molecule has 0 saturated heterocycles. The molecule has 0 bridgehead atoms. The van der Waals surface area contributed by atoms with Crippen molar-refractivity contribution in [1.29, 1.82) is 0 Å². The van der Waals surface area contributed by atoms with Crippen LogP contribution in [0.2, 0.25) is 0 Å². The van der Waals surface area contributed by atoms with Crippen LogP contribution in [0.3, 0.4) is 0 Å². The minimum absolute atomic E-state index is 0.363. The molecule has 1 atom stereocenters. The number of esters is 1. The Balaban J connectivity index is 2.00. The lowest BCUT2D eigenvalue weighted by Gasteiger charge is -2.15. The summed E-state index contributed by atoms with van der Waals surface area (Å²) >= 11 is 0. The summed E-state index contributed by atoms with van der Waals surface area (Å²) in [4.78, 5) is 24.3. The minimum atomic E-state index is -0.901. The van der Waals surface area contributed by atoms with Crippen molar-refractivity contribution in [1.82, 2.24) is 9.78 Å². The van der Waals surface area contributed by atoms with E-state index in [1.807, 2.05) is 52.9 Å². The molecule has 6 nitrogen and oxygen atoms in total. The zero-order valence-electron chi connectivity index (χ0n) is 16.1. The van der Waals surface area contributed by atoms with Crippen LogP contribution >= 0.6 is 0 Å². The average molecular weight is 355 g/mol. The third-order valence-corrected chi connectivity index (χ3v) is 4.34. The summed E-state index contributed by atoms with van der Waals surface area (Å²) in [6, 6.07) is 5.76. The first-order valence-electron chi connectivity index (χ1n) is 8.46. The van der Waals surface area contributed by atoms with E-state index in [2.05, 4.69) is 10.4 Å². The SMILES string of the molecule is Cc1cccc(C)c1NC(=O)[C@H](C)OC(=O)/C=C/c1c(C)nn(C)c1C. The number of carbonyl (C=O) groups is 2. The van der Waals surface area contributed by atoms with Crippen LogP contribution in [-0.4, -0.2) is 27.8 Å². The maximum Gasteiger partial charge on any atom is 0.331 e. The molecule has 1 amide bonds. The van der Waals surface area contributed by atoms with Crippen molar-refractivity contribution in [2.45, 2.75) is 40.7 Å². The number of hydrogen-bond acceptors (Lipinski definition) is 4. The summed E-state index contributed by atoms with van der Waals surface area (Å²) in [5.74, 6) is -0.935. The normalized spacial score (nSPS) is 12.2. The molecule has 26 heavy (non-hydrogen) atoms. The number of hydrogen-bond donors (Lipinski definition) is 1. The van der Waals surface area contributed by atoms with Crippen molar-refractivity contribution in [2.24, 2.45) is 7.05 Å². The maximum absolute atomic E-state index is 12.3. The monoisotopic (exact) mass is 355 g/mol. The summed E-state index contributed by atoms with van der Waals surface area (Å²) in [6.07, 6.45) is 2.08. The Morgan fingerprint density at radius 2 is 1.81 bits per heavy atom. The van der Waals surface area contributed by atoms with Crippen LogP contribution in [-0.2, 0) is 21.4 Å². The van der Waals surface area contributed by atoms with Crippen molar-refractivity contribution in [3.05, 3.63) is 52.4 Å². The molecule has 0 aliphatic rings. The number of anilines is 1. The van der Waals surface area contributed by atoms with Crippen LogP contribution in [0.15, 0.2) is 24.3 Å². The van der Waals surface area contributed by atoms with Gasteiger partial charge in [0.15, 0.2) is 6.10 Å². The number of rotatable bonds is 5. The zero-order valence-corrected chi connectivity index (χ0v) is 16.1. The van der Waals surface area contributed by atoms with Crippen molar-refractivity contribution < 1.29 is 14.3 Å². The van der Waals surface area contributed by atoms with E-state index < -0.39 is 12.1 Å². The Labute approximate surface area is 153 Å². The van der Waals surface area contributed by atoms with Crippen molar-refractivity contribution in [3.63, 3.8) is 0 Å². The molecule has 0 aliphatic carbocycles. The molecule has 6 heteroatoms. The summed E-state index contributed by atoms with van der Waals surface area (Å²) < 4.78 is 6.96. The number of aryl methyl sites for hydroxylation is 4. The Morgan fingerprint density at radius 1 is 1.19 bits per heavy atom. The van der Waals surface area contributed by atoms with Gasteiger partial charge in [0.2, 0.25) is 0 Å². The van der Waals surface area contributed by atoms with E-state index in [9.17, 15) is 9.59 Å². The highest BCUT2D eigenvalue weighted by Gasteiger charge is 2.18. The van der Waals surface area contributed by atoms with E-state index in [0.717, 1.165) is 33.8 Å². The third kappa shape index (κ3) is 4.39. The topological polar surface area (TPSA) is 73.2 Å². The molecule has 1 aromatic heterocycles. The molecular formula is C20H25N3O3. The fourth-order valence-electron chi connectivity index (χ4n) is 2.69. The highest BCUT2D eigenvalue weighted by Crippen LogP contribution is 2.20. The van der Waals surface area contributed by atoms with Gasteiger partial charge < -0.3 is 10.1 Å². The van der Waals surface area contributed by atoms with Crippen LogP contribution < -0.4 is 5.32 Å². The Bertz CT molecular complexity index is 845. The van der Waals surface area contributed by atoms with Gasteiger partial charge in [0, 0.05) is 30.1 Å². The van der Waals surface area contributed by atoms with Crippen molar-refractivity contribution in [2.75, 3.05) is 5.32 Å². The van der Waals surface area contributed by atoms with Crippen LogP contribution in [0, 0.1) is 27.7 Å². The number of aromatic nitrogens is 2. The second-order valence-electron chi connectivity index (χ2n) is 6.38. The fraction of sp³-hybridized carbons (Fsp3) is 0.350. The molecule has 0 aliphatic heterocycles. The van der Waals surface area contributed by atoms with E-state index in [4.69, 9.17) is 4.74 Å². The van der Waals surface area contributed by atoms with Crippen LogP contribution in [0.4, 0.5) is 5.69 Å². The smallest absolute Gasteiger partial charge is 0.331 e. The average Bonchev–Trinajstić information content (AvgIpc) is 2.81. The quantitative estimate of drug-likeness (QED) is 0.660. The van der Waals surface area contributed by atoms with Crippen LogP contribution in [0.1, 0.15) is 35.0 Å². The molecule has 138 valence electrons. The highest BCUT2D eigenvalue weighted by atomic mass is 16.5. The van der Waals surface area contributed by atoms with Gasteiger partial charge in [-0.1, -0.05) is 18.2 Å². The van der Waals surface area contributed by atoms with Gasteiger partial charge in [-0.15, -0.1) is 0 Å². The van der Waals surface area contributed by atoms with Gasteiger partial charge in [-0.05, 0) is 51.8 Å². The number of benzene rings is 1. The van der Waals surface area contributed by atoms with E-state index in [-0.39, 0.29) is 5.91 Å². The molecule has 1 heterocycles. The Kier molecular flexibility index (Phi) is 5.97. The highest BCUT2D eigenvalue weighted by molar-refractivity contribution is 5.97. The predicted molar refractivity (Wildman–Crippen MR) is 102 cm³/mol. The Hall–Kier alpha value is -2.89. The van der Waals surface area contributed by atoms with Crippen LogP contribution in [0.25, 0.3) is 6.08 Å². The molecule has 0 unspecified atom stereocenters. The number of amides is 1. The molecule has 2 aromatic rings. The summed E-state index contributed by atoms with van der Waals surface area (Å²) in [6.45, 7) is 9.18. The van der Waals surface area contributed by atoms with Gasteiger partial charge >= 0.3 is 5.97 Å². The van der Waals surface area contributed by atoms with E-state index in [0.29, 0.717) is 0 Å². The number of nitrogens with zero attached hydrogens (tertiary/aromatic N) is 2. The third-order valence-electron chi connectivity index (χ3n) is 4.34. The lowest BCUT2D eigenvalue weighted by Crippen LogP contribution is -2.30. The summed E-state index contributed by atoms with van der Waals surface area (Å²) in [5.41, 5.74) is 5.32. The Morgan fingerprint density at radius 3 is 2.35 bits per heavy atom. The van der Waals surface area contributed by atoms with Gasteiger partial charge in [-0.3, -0.25) is 9.48 Å². The summed E-state index contributed by atoms with van der Waals surface area (Å²) in [7, 11) is 1.85. The van der Waals surface area contributed by atoms with Gasteiger partial charge in [-0.2, -0.15) is 5.10 Å². The molecule has 0 spiro atoms. The van der Waals surface area contributed by atoms with E-state index in [1.54, 1.807) is 17.7 Å². The molecule has 0 saturated carbocycles. The first-order valence-corrected chi connectivity index (χ1v) is 8.46. The largest absolute Gasteiger partial charge is 0.449 e. The van der Waals surface area contributed by atoms with Crippen molar-refractivity contribution >= 4 is 23.6 Å². The standard InChI is InChI=1S/C20H25N3O3/c1-12-8-7-9-13(2)19(12)21-20(25)16(5)26-18(24)11-10-17-14(3)22-23(6)15(17)4/h7-11,16H,1-6H3,(H,21,25)/b11-10+/t16-/m0/s1. The van der Waals surface area contributed by atoms with E-state index in [1.165, 1.54) is 6.08 Å². The van der Waals surface area contributed by atoms with Gasteiger partial charge in [0.05, 0.1) is 5.69 Å². The maximum atomic E-state index is 12.3. The molecular weight excluding hydrogens is 330 g/mol. The molecule has 2 rings (SSSR count). The number of nitrogens with one attached hydrogen (secondary N) is 1. The van der Waals surface area contributed by atoms with Gasteiger partial charge in [0.1, 0.15) is 0 Å². The second-order valence-corrected chi connectivity index (χ2v) is 6.38. The number of para-hydroxylation sites is 1. The lowest BCUT2D eigenvalue weighted by atomic mass is 10.1. The first kappa shape index (κ1) is 19.4. The van der Waals surface area contributed by atoms with Crippen LogP contribution in [0.5, 0.6) is 0 Å². The fourth-order valence-corrected chi connectivity index (χ4v) is 2.69. The van der Waals surface area contributed by atoms with Gasteiger partial charge in [-0.25, -0.2) is 4.79 Å². The minimum Gasteiger partial charge on any atom is -0.449 e. The molecule has 1 aromatic carbocycles. The number of ether oxygens (including phenoxy) is 1. The molecule has 1 N–H and O–H groups in total. The first-order chi connectivity index (χ1) is 12.2. The predicted octanol–water partition coefficient (Wildman–Crippen LogP) is 3.24. The zero-order chi connectivity index (χ0) is 19.4. The lowest BCUT2D eigenvalue weighted by molar-refractivity contribution is -0.148. The van der Waals surface area contributed by atoms with Crippen molar-refractivity contribution in [3.8, 4) is 0 Å². The molecule has 0 radical (unpaired) electrons. The second kappa shape index (κ2) is 7.99.